The maximum absolute atomic E-state index is 12.9. The average molecular weight is 430 g/mol. The molecule has 6 nitrogen and oxygen atoms in total. The number of anilines is 1. The van der Waals surface area contributed by atoms with Crippen molar-refractivity contribution in [2.45, 2.75) is 19.4 Å². The third-order valence-corrected chi connectivity index (χ3v) is 5.51. The summed E-state index contributed by atoms with van der Waals surface area (Å²) < 4.78 is 11.1. The van der Waals surface area contributed by atoms with Crippen molar-refractivity contribution in [2.24, 2.45) is 0 Å². The molecule has 1 aliphatic heterocycles. The van der Waals surface area contributed by atoms with Crippen molar-refractivity contribution in [1.29, 1.82) is 0 Å². The molecule has 1 amide bonds. The second-order valence-electron chi connectivity index (χ2n) is 6.14. The van der Waals surface area contributed by atoms with Crippen molar-refractivity contribution in [3.8, 4) is 11.5 Å². The van der Waals surface area contributed by atoms with E-state index in [0.717, 1.165) is 5.56 Å². The molecular formula is C21H19NO5S2. The van der Waals surface area contributed by atoms with Crippen LogP contribution in [-0.4, -0.2) is 34.5 Å². The number of amides is 1. The zero-order valence-corrected chi connectivity index (χ0v) is 17.5. The topological polar surface area (TPSA) is 76.1 Å². The van der Waals surface area contributed by atoms with Gasteiger partial charge in [0.1, 0.15) is 11.5 Å². The first-order valence-corrected chi connectivity index (χ1v) is 10.1. The molecule has 2 aromatic carbocycles. The van der Waals surface area contributed by atoms with Crippen molar-refractivity contribution in [3.05, 3.63) is 59.0 Å². The van der Waals surface area contributed by atoms with Crippen LogP contribution in [0.15, 0.2) is 53.4 Å². The van der Waals surface area contributed by atoms with Gasteiger partial charge in [0.2, 0.25) is 0 Å². The number of methoxy groups -OCH3 is 1. The molecule has 0 saturated carbocycles. The highest BCUT2D eigenvalue weighted by Crippen LogP contribution is 2.36. The van der Waals surface area contributed by atoms with Crippen molar-refractivity contribution in [3.63, 3.8) is 0 Å². The monoisotopic (exact) mass is 429 g/mol. The van der Waals surface area contributed by atoms with E-state index >= 15 is 0 Å². The van der Waals surface area contributed by atoms with Crippen LogP contribution in [0.3, 0.4) is 0 Å². The van der Waals surface area contributed by atoms with Crippen molar-refractivity contribution < 1.29 is 24.2 Å². The summed E-state index contributed by atoms with van der Waals surface area (Å²) >= 11 is 6.60. The number of aliphatic carboxylic acids is 1. The number of thiocarbonyl (C=S) groups is 1. The fraction of sp³-hybridized carbons (Fsp3) is 0.190. The lowest BCUT2D eigenvalue weighted by atomic mass is 10.2. The predicted molar refractivity (Wildman–Crippen MR) is 117 cm³/mol. The quantitative estimate of drug-likeness (QED) is 0.518. The molecule has 1 atom stereocenters. The first-order valence-electron chi connectivity index (χ1n) is 8.84. The van der Waals surface area contributed by atoms with Crippen LogP contribution in [0.1, 0.15) is 18.9 Å². The molecule has 3 rings (SSSR count). The Morgan fingerprint density at radius 2 is 1.97 bits per heavy atom. The van der Waals surface area contributed by atoms with Gasteiger partial charge in [-0.2, -0.15) is 0 Å². The number of carbonyl (C=O) groups is 2. The van der Waals surface area contributed by atoms with Crippen molar-refractivity contribution in [2.75, 3.05) is 12.0 Å². The summed E-state index contributed by atoms with van der Waals surface area (Å²) in [7, 11) is 1.58. The second-order valence-corrected chi connectivity index (χ2v) is 7.82. The summed E-state index contributed by atoms with van der Waals surface area (Å²) in [4.78, 5) is 26.0. The van der Waals surface area contributed by atoms with Gasteiger partial charge in [0, 0.05) is 0 Å². The number of nitrogens with zero attached hydrogens (tertiary/aromatic N) is 1. The second kappa shape index (κ2) is 9.11. The SMILES string of the molecule is CCC(Oc1cccc(/C=C2/SC(=S)N(c3ccc(OC)cc3)C2=O)c1)C(=O)O. The van der Waals surface area contributed by atoms with Gasteiger partial charge in [-0.3, -0.25) is 9.69 Å². The first-order chi connectivity index (χ1) is 13.9. The van der Waals surface area contributed by atoms with Gasteiger partial charge in [-0.25, -0.2) is 4.79 Å². The van der Waals surface area contributed by atoms with E-state index in [-0.39, 0.29) is 5.91 Å². The number of carboxylic acid groups (broad SMARTS) is 1. The molecule has 0 aromatic heterocycles. The van der Waals surface area contributed by atoms with Crippen LogP contribution in [0, 0.1) is 0 Å². The van der Waals surface area contributed by atoms with Gasteiger partial charge in [0.05, 0.1) is 17.7 Å². The van der Waals surface area contributed by atoms with E-state index < -0.39 is 12.1 Å². The molecule has 1 fully saturated rings. The highest BCUT2D eigenvalue weighted by Gasteiger charge is 2.33. The first kappa shape index (κ1) is 20.9. The lowest BCUT2D eigenvalue weighted by Gasteiger charge is -2.14. The van der Waals surface area contributed by atoms with Gasteiger partial charge in [-0.05, 0) is 54.5 Å². The summed E-state index contributed by atoms with van der Waals surface area (Å²) in [6, 6.07) is 14.0. The summed E-state index contributed by atoms with van der Waals surface area (Å²) in [6.07, 6.45) is 1.15. The number of carboxylic acids is 1. The highest BCUT2D eigenvalue weighted by molar-refractivity contribution is 8.27. The van der Waals surface area contributed by atoms with Crippen LogP contribution in [0.25, 0.3) is 6.08 Å². The van der Waals surface area contributed by atoms with E-state index in [4.69, 9.17) is 26.8 Å². The zero-order chi connectivity index (χ0) is 21.0. The lowest BCUT2D eigenvalue weighted by Crippen LogP contribution is -2.27. The van der Waals surface area contributed by atoms with E-state index in [9.17, 15) is 9.59 Å². The number of carbonyl (C=O) groups excluding carboxylic acids is 1. The van der Waals surface area contributed by atoms with Crippen LogP contribution in [0.2, 0.25) is 0 Å². The molecule has 29 heavy (non-hydrogen) atoms. The molecule has 8 heteroatoms. The number of rotatable bonds is 7. The molecule has 0 bridgehead atoms. The summed E-state index contributed by atoms with van der Waals surface area (Å²) in [5.74, 6) is -0.108. The molecule has 150 valence electrons. The summed E-state index contributed by atoms with van der Waals surface area (Å²) in [6.45, 7) is 1.74. The Morgan fingerprint density at radius 3 is 2.59 bits per heavy atom. The van der Waals surface area contributed by atoms with Crippen LogP contribution >= 0.6 is 24.0 Å². The molecule has 1 aliphatic rings. The Labute approximate surface area is 178 Å². The van der Waals surface area contributed by atoms with E-state index in [0.29, 0.717) is 32.8 Å². The van der Waals surface area contributed by atoms with E-state index in [1.807, 2.05) is 6.07 Å². The number of benzene rings is 2. The third kappa shape index (κ3) is 4.78. The van der Waals surface area contributed by atoms with Gasteiger partial charge in [-0.1, -0.05) is 43.0 Å². The normalized spacial score (nSPS) is 16.2. The average Bonchev–Trinajstić information content (AvgIpc) is 2.99. The molecule has 2 aromatic rings. The number of ether oxygens (including phenoxy) is 2. The lowest BCUT2D eigenvalue weighted by molar-refractivity contribution is -0.145. The molecule has 0 aliphatic carbocycles. The Balaban J connectivity index is 1.82. The Morgan fingerprint density at radius 1 is 1.24 bits per heavy atom. The van der Waals surface area contributed by atoms with Crippen LogP contribution in [0.5, 0.6) is 11.5 Å². The highest BCUT2D eigenvalue weighted by atomic mass is 32.2. The fourth-order valence-corrected chi connectivity index (χ4v) is 4.02. The van der Waals surface area contributed by atoms with Crippen molar-refractivity contribution >= 4 is 51.9 Å². The smallest absolute Gasteiger partial charge is 0.344 e. The van der Waals surface area contributed by atoms with Crippen LogP contribution < -0.4 is 14.4 Å². The molecular weight excluding hydrogens is 410 g/mol. The van der Waals surface area contributed by atoms with Gasteiger partial charge >= 0.3 is 5.97 Å². The Hall–Kier alpha value is -2.84. The van der Waals surface area contributed by atoms with E-state index in [1.54, 1.807) is 62.6 Å². The minimum absolute atomic E-state index is 0.214. The maximum atomic E-state index is 12.9. The predicted octanol–water partition coefficient (Wildman–Crippen LogP) is 4.34. The minimum atomic E-state index is -1.02. The van der Waals surface area contributed by atoms with Gasteiger partial charge in [0.25, 0.3) is 5.91 Å². The van der Waals surface area contributed by atoms with E-state index in [2.05, 4.69) is 0 Å². The summed E-state index contributed by atoms with van der Waals surface area (Å²) in [5.41, 5.74) is 1.39. The Bertz CT molecular complexity index is 971. The van der Waals surface area contributed by atoms with Crippen molar-refractivity contribution in [1.82, 2.24) is 0 Å². The molecule has 1 heterocycles. The van der Waals surface area contributed by atoms with Gasteiger partial charge < -0.3 is 14.6 Å². The largest absolute Gasteiger partial charge is 0.497 e. The van der Waals surface area contributed by atoms with Gasteiger partial charge in [0.15, 0.2) is 10.4 Å². The van der Waals surface area contributed by atoms with E-state index in [1.165, 1.54) is 16.7 Å². The van der Waals surface area contributed by atoms with Crippen LogP contribution in [-0.2, 0) is 9.59 Å². The number of thioether (sulfide) groups is 1. The molecule has 1 N–H and O–H groups in total. The standard InChI is InChI=1S/C21H19NO5S2/c1-3-17(20(24)25)27-16-6-4-5-13(11-16)12-18-19(23)22(21(28)29-18)14-7-9-15(26-2)10-8-14/h4-12,17H,3H2,1-2H3,(H,24,25)/b18-12+. The number of hydrogen-bond donors (Lipinski definition) is 1. The zero-order valence-electron chi connectivity index (χ0n) is 15.8. The molecule has 0 spiro atoms. The number of hydrogen-bond acceptors (Lipinski definition) is 6. The minimum Gasteiger partial charge on any atom is -0.497 e. The van der Waals surface area contributed by atoms with Crippen LogP contribution in [0.4, 0.5) is 5.69 Å². The van der Waals surface area contributed by atoms with Gasteiger partial charge in [-0.15, -0.1) is 0 Å². The molecule has 0 radical (unpaired) electrons. The maximum Gasteiger partial charge on any atom is 0.344 e. The Kier molecular flexibility index (Phi) is 6.56. The molecule has 1 unspecified atom stereocenters. The fourth-order valence-electron chi connectivity index (χ4n) is 2.72. The third-order valence-electron chi connectivity index (χ3n) is 4.20. The molecule has 1 saturated heterocycles. The summed E-state index contributed by atoms with van der Waals surface area (Å²) in [5, 5.41) is 9.16.